The molecule has 0 atom stereocenters. The highest BCUT2D eigenvalue weighted by Crippen LogP contribution is 2.25. The molecular weight excluding hydrogens is 314 g/mol. The van der Waals surface area contributed by atoms with Gasteiger partial charge in [0.05, 0.1) is 10.5 Å². The van der Waals surface area contributed by atoms with Crippen LogP contribution in [-0.2, 0) is 0 Å². The highest BCUT2D eigenvalue weighted by Gasteiger charge is 2.27. The number of hydrogen-bond donors (Lipinski definition) is 2. The van der Waals surface area contributed by atoms with E-state index in [4.69, 9.17) is 0 Å². The third-order valence-corrected chi connectivity index (χ3v) is 3.32. The topological polar surface area (TPSA) is 113 Å². The number of carboxylic acid groups (broad SMARTS) is 1. The molecule has 2 rings (SSSR count). The van der Waals surface area contributed by atoms with Crippen molar-refractivity contribution in [3.05, 3.63) is 63.7 Å². The second kappa shape index (κ2) is 6.78. The van der Waals surface area contributed by atoms with Crippen LogP contribution in [0.1, 0.15) is 20.7 Å². The molecule has 2 N–H and O–H groups in total. The predicted molar refractivity (Wildman–Crippen MR) is 88.8 cm³/mol. The van der Waals surface area contributed by atoms with Crippen molar-refractivity contribution in [2.24, 2.45) is 0 Å². The Kier molecular flexibility index (Phi) is 4.78. The molecule has 1 amide bonds. The zero-order valence-corrected chi connectivity index (χ0v) is 13.0. The molecule has 0 aliphatic heterocycles. The Hall–Kier alpha value is -3.42. The summed E-state index contributed by atoms with van der Waals surface area (Å²) in [6.45, 7) is 0. The fraction of sp³-hybridized carbons (Fsp3) is 0.125. The SMILES string of the molecule is CN(C)c1cccc(NC(=O)c2c(C(=O)O)cccc2[N+](=O)[O-])c1. The third-order valence-electron chi connectivity index (χ3n) is 3.32. The highest BCUT2D eigenvalue weighted by atomic mass is 16.6. The van der Waals surface area contributed by atoms with Crippen LogP contribution in [0.5, 0.6) is 0 Å². The van der Waals surface area contributed by atoms with E-state index in [1.807, 2.05) is 25.1 Å². The van der Waals surface area contributed by atoms with Crippen LogP contribution in [0, 0.1) is 10.1 Å². The number of anilines is 2. The fourth-order valence-corrected chi connectivity index (χ4v) is 2.16. The molecule has 0 fully saturated rings. The van der Waals surface area contributed by atoms with Crippen molar-refractivity contribution >= 4 is 28.9 Å². The number of carbonyl (C=O) groups is 2. The number of nitro groups is 1. The number of carbonyl (C=O) groups excluding carboxylic acids is 1. The van der Waals surface area contributed by atoms with E-state index in [9.17, 15) is 24.8 Å². The maximum absolute atomic E-state index is 12.5. The summed E-state index contributed by atoms with van der Waals surface area (Å²) < 4.78 is 0. The highest BCUT2D eigenvalue weighted by molar-refractivity contribution is 6.13. The molecule has 0 radical (unpaired) electrons. The summed E-state index contributed by atoms with van der Waals surface area (Å²) in [6, 6.07) is 10.3. The maximum atomic E-state index is 12.5. The number of rotatable bonds is 5. The second-order valence-electron chi connectivity index (χ2n) is 5.16. The Bertz CT molecular complexity index is 785. The largest absolute Gasteiger partial charge is 0.478 e. The van der Waals surface area contributed by atoms with Gasteiger partial charge in [-0.25, -0.2) is 4.79 Å². The minimum absolute atomic E-state index is 0.403. The molecule has 8 nitrogen and oxygen atoms in total. The Morgan fingerprint density at radius 3 is 2.42 bits per heavy atom. The van der Waals surface area contributed by atoms with E-state index < -0.39 is 33.6 Å². The smallest absolute Gasteiger partial charge is 0.336 e. The Balaban J connectivity index is 2.44. The van der Waals surface area contributed by atoms with Crippen LogP contribution in [0.4, 0.5) is 17.1 Å². The van der Waals surface area contributed by atoms with Gasteiger partial charge < -0.3 is 15.3 Å². The number of aromatic carboxylic acids is 1. The number of nitro benzene ring substituents is 1. The molecule has 0 unspecified atom stereocenters. The van der Waals surface area contributed by atoms with Crippen molar-refractivity contribution in [3.8, 4) is 0 Å². The summed E-state index contributed by atoms with van der Waals surface area (Å²) >= 11 is 0. The summed E-state index contributed by atoms with van der Waals surface area (Å²) in [5, 5.41) is 22.8. The van der Waals surface area contributed by atoms with E-state index in [0.29, 0.717) is 5.69 Å². The summed E-state index contributed by atoms with van der Waals surface area (Å²) in [6.07, 6.45) is 0. The lowest BCUT2D eigenvalue weighted by Gasteiger charge is -2.14. The van der Waals surface area contributed by atoms with Crippen molar-refractivity contribution in [1.29, 1.82) is 0 Å². The normalized spacial score (nSPS) is 10.1. The standard InChI is InChI=1S/C16H15N3O5/c1-18(2)11-6-3-5-10(9-11)17-15(20)14-12(16(21)22)7-4-8-13(14)19(23)24/h3-9H,1-2H3,(H,17,20)(H,21,22). The number of carboxylic acids is 1. The van der Waals surface area contributed by atoms with E-state index in [1.165, 1.54) is 6.07 Å². The Morgan fingerprint density at radius 1 is 1.17 bits per heavy atom. The van der Waals surface area contributed by atoms with Gasteiger partial charge in [-0.1, -0.05) is 12.1 Å². The quantitative estimate of drug-likeness (QED) is 0.644. The van der Waals surface area contributed by atoms with E-state index in [2.05, 4.69) is 5.32 Å². The van der Waals surface area contributed by atoms with Gasteiger partial charge in [0, 0.05) is 31.5 Å². The average molecular weight is 329 g/mol. The molecule has 0 aliphatic rings. The molecule has 0 saturated carbocycles. The Morgan fingerprint density at radius 2 is 1.83 bits per heavy atom. The van der Waals surface area contributed by atoms with E-state index >= 15 is 0 Å². The molecule has 0 aromatic heterocycles. The number of benzene rings is 2. The van der Waals surface area contributed by atoms with Crippen molar-refractivity contribution in [3.63, 3.8) is 0 Å². The lowest BCUT2D eigenvalue weighted by molar-refractivity contribution is -0.385. The van der Waals surface area contributed by atoms with E-state index in [-0.39, 0.29) is 0 Å². The van der Waals surface area contributed by atoms with Crippen LogP contribution in [-0.4, -0.2) is 36.0 Å². The van der Waals surface area contributed by atoms with Crippen LogP contribution >= 0.6 is 0 Å². The molecule has 8 heteroatoms. The van der Waals surface area contributed by atoms with Gasteiger partial charge in [0.15, 0.2) is 0 Å². The minimum atomic E-state index is -1.41. The third kappa shape index (κ3) is 3.49. The number of nitrogens with one attached hydrogen (secondary N) is 1. The van der Waals surface area contributed by atoms with Crippen LogP contribution in [0.15, 0.2) is 42.5 Å². The summed E-state index contributed by atoms with van der Waals surface area (Å²) in [5.74, 6) is -2.26. The van der Waals surface area contributed by atoms with Gasteiger partial charge in [0.1, 0.15) is 5.56 Å². The fourth-order valence-electron chi connectivity index (χ4n) is 2.16. The molecular formula is C16H15N3O5. The molecule has 24 heavy (non-hydrogen) atoms. The van der Waals surface area contributed by atoms with Gasteiger partial charge >= 0.3 is 5.97 Å². The minimum Gasteiger partial charge on any atom is -0.478 e. The molecule has 0 aliphatic carbocycles. The van der Waals surface area contributed by atoms with Crippen molar-refractivity contribution < 1.29 is 19.6 Å². The molecule has 0 saturated heterocycles. The second-order valence-corrected chi connectivity index (χ2v) is 5.16. The van der Waals surface area contributed by atoms with Crippen molar-refractivity contribution in [2.75, 3.05) is 24.3 Å². The van der Waals surface area contributed by atoms with Crippen molar-refractivity contribution in [2.45, 2.75) is 0 Å². The summed E-state index contributed by atoms with van der Waals surface area (Å²) in [5.41, 5.74) is -0.249. The molecule has 2 aromatic rings. The number of nitrogens with zero attached hydrogens (tertiary/aromatic N) is 2. The molecule has 0 heterocycles. The van der Waals surface area contributed by atoms with E-state index in [0.717, 1.165) is 17.8 Å². The average Bonchev–Trinajstić information content (AvgIpc) is 2.54. The van der Waals surface area contributed by atoms with Crippen molar-refractivity contribution in [1.82, 2.24) is 0 Å². The predicted octanol–water partition coefficient (Wildman–Crippen LogP) is 2.61. The first kappa shape index (κ1) is 16.9. The van der Waals surface area contributed by atoms with Crippen LogP contribution in [0.2, 0.25) is 0 Å². The summed E-state index contributed by atoms with van der Waals surface area (Å²) in [4.78, 5) is 35.9. The first-order valence-electron chi connectivity index (χ1n) is 6.90. The van der Waals surface area contributed by atoms with Crippen LogP contribution in [0.25, 0.3) is 0 Å². The van der Waals surface area contributed by atoms with Crippen LogP contribution in [0.3, 0.4) is 0 Å². The maximum Gasteiger partial charge on any atom is 0.336 e. The lowest BCUT2D eigenvalue weighted by Crippen LogP contribution is -2.18. The lowest BCUT2D eigenvalue weighted by atomic mass is 10.0. The van der Waals surface area contributed by atoms with Gasteiger partial charge in [-0.15, -0.1) is 0 Å². The van der Waals surface area contributed by atoms with Crippen LogP contribution < -0.4 is 10.2 Å². The van der Waals surface area contributed by atoms with E-state index in [1.54, 1.807) is 18.2 Å². The van der Waals surface area contributed by atoms with Gasteiger partial charge in [-0.3, -0.25) is 14.9 Å². The Labute approximate surface area is 137 Å². The monoisotopic (exact) mass is 329 g/mol. The zero-order valence-electron chi connectivity index (χ0n) is 13.0. The number of amides is 1. The summed E-state index contributed by atoms with van der Waals surface area (Å²) in [7, 11) is 3.65. The molecule has 2 aromatic carbocycles. The van der Waals surface area contributed by atoms with Gasteiger partial charge in [0.25, 0.3) is 11.6 Å². The first-order chi connectivity index (χ1) is 11.3. The number of hydrogen-bond acceptors (Lipinski definition) is 5. The zero-order chi connectivity index (χ0) is 17.9. The first-order valence-corrected chi connectivity index (χ1v) is 6.90. The molecule has 0 spiro atoms. The van der Waals surface area contributed by atoms with Gasteiger partial charge in [-0.05, 0) is 24.3 Å². The van der Waals surface area contributed by atoms with Gasteiger partial charge in [-0.2, -0.15) is 0 Å². The molecule has 124 valence electrons. The molecule has 0 bridgehead atoms. The van der Waals surface area contributed by atoms with Gasteiger partial charge in [0.2, 0.25) is 0 Å².